The van der Waals surface area contributed by atoms with Crippen molar-refractivity contribution < 1.29 is 4.39 Å². The van der Waals surface area contributed by atoms with Gasteiger partial charge in [-0.2, -0.15) is 5.10 Å². The minimum absolute atomic E-state index is 0.111. The molecule has 1 aliphatic heterocycles. The van der Waals surface area contributed by atoms with Gasteiger partial charge in [-0.25, -0.2) is 19.3 Å². The Hall–Kier alpha value is -3.58. The minimum Gasteiger partial charge on any atom is -0.325 e. The molecule has 0 spiro atoms. The van der Waals surface area contributed by atoms with Crippen molar-refractivity contribution in [2.24, 2.45) is 0 Å². The number of nitrogens with zero attached hydrogens (tertiary/aromatic N) is 5. The Bertz CT molecular complexity index is 1500. The van der Waals surface area contributed by atoms with Gasteiger partial charge < -0.3 is 4.90 Å². The number of halogens is 2. The maximum absolute atomic E-state index is 13.9. The Labute approximate surface area is 181 Å². The molecule has 152 valence electrons. The highest BCUT2D eigenvalue weighted by molar-refractivity contribution is 6.31. The first-order chi connectivity index (χ1) is 15.1. The molecule has 8 heteroatoms. The number of aryl methyl sites for hydroxylation is 1. The van der Waals surface area contributed by atoms with Crippen LogP contribution in [-0.4, -0.2) is 31.7 Å². The van der Waals surface area contributed by atoms with E-state index in [9.17, 15) is 4.39 Å². The Morgan fingerprint density at radius 1 is 1.03 bits per heavy atom. The van der Waals surface area contributed by atoms with E-state index >= 15 is 0 Å². The molecule has 0 atom stereocenters. The van der Waals surface area contributed by atoms with E-state index in [0.29, 0.717) is 12.2 Å². The molecule has 3 aromatic heterocycles. The summed E-state index contributed by atoms with van der Waals surface area (Å²) in [6.45, 7) is 2.68. The molecule has 1 aliphatic rings. The Kier molecular flexibility index (Phi) is 3.94. The van der Waals surface area contributed by atoms with Crippen LogP contribution in [0.4, 0.5) is 15.9 Å². The van der Waals surface area contributed by atoms with Crippen molar-refractivity contribution in [1.82, 2.24) is 25.1 Å². The molecule has 2 aromatic carbocycles. The molecule has 0 saturated carbocycles. The number of hydrogen-bond donors (Lipinski definition) is 1. The van der Waals surface area contributed by atoms with E-state index in [1.165, 1.54) is 6.07 Å². The fraction of sp³-hybridized carbons (Fsp3) is 0.130. The average Bonchev–Trinajstić information content (AvgIpc) is 3.36. The van der Waals surface area contributed by atoms with Crippen molar-refractivity contribution in [3.05, 3.63) is 71.0 Å². The summed E-state index contributed by atoms with van der Waals surface area (Å²) in [6, 6.07) is 11.4. The fourth-order valence-corrected chi connectivity index (χ4v) is 4.37. The van der Waals surface area contributed by atoms with E-state index in [2.05, 4.69) is 42.2 Å². The van der Waals surface area contributed by atoms with Crippen LogP contribution in [0.25, 0.3) is 33.1 Å². The smallest absolute Gasteiger partial charge is 0.181 e. The lowest BCUT2D eigenvalue weighted by molar-refractivity contribution is 0.627. The summed E-state index contributed by atoms with van der Waals surface area (Å²) < 4.78 is 13.9. The molecular weight excluding hydrogens is 415 g/mol. The predicted octanol–water partition coefficient (Wildman–Crippen LogP) is 5.36. The molecule has 0 saturated heterocycles. The number of anilines is 2. The molecule has 0 amide bonds. The highest BCUT2D eigenvalue weighted by Gasteiger charge is 2.25. The largest absolute Gasteiger partial charge is 0.325 e. The van der Waals surface area contributed by atoms with Crippen molar-refractivity contribution in [3.8, 4) is 11.1 Å². The molecule has 0 radical (unpaired) electrons. The second kappa shape index (κ2) is 6.72. The highest BCUT2D eigenvalue weighted by atomic mass is 35.5. The third kappa shape index (κ3) is 2.84. The zero-order valence-electron chi connectivity index (χ0n) is 16.5. The van der Waals surface area contributed by atoms with Gasteiger partial charge in [-0.1, -0.05) is 17.7 Å². The highest BCUT2D eigenvalue weighted by Crippen LogP contribution is 2.39. The van der Waals surface area contributed by atoms with Crippen molar-refractivity contribution in [3.63, 3.8) is 0 Å². The van der Waals surface area contributed by atoms with Crippen LogP contribution in [0.2, 0.25) is 5.02 Å². The van der Waals surface area contributed by atoms with Gasteiger partial charge in [0.1, 0.15) is 18.0 Å². The lowest BCUT2D eigenvalue weighted by Crippen LogP contribution is -2.15. The third-order valence-corrected chi connectivity index (χ3v) is 6.11. The van der Waals surface area contributed by atoms with Crippen LogP contribution in [0, 0.1) is 12.7 Å². The SMILES string of the molecule is Cc1[nH]nc2ncc(-c3ccc4ncnc(N5CCc6cc(F)c(Cl)cc65)c4c3)cc12. The maximum atomic E-state index is 13.9. The minimum atomic E-state index is -0.394. The maximum Gasteiger partial charge on any atom is 0.181 e. The van der Waals surface area contributed by atoms with Crippen LogP contribution >= 0.6 is 11.6 Å². The van der Waals surface area contributed by atoms with Gasteiger partial charge in [0.15, 0.2) is 5.65 Å². The number of pyridine rings is 1. The summed E-state index contributed by atoms with van der Waals surface area (Å²) in [5, 5.41) is 9.19. The Balaban J connectivity index is 1.51. The van der Waals surface area contributed by atoms with Gasteiger partial charge in [0.2, 0.25) is 0 Å². The van der Waals surface area contributed by atoms with Crippen LogP contribution in [0.3, 0.4) is 0 Å². The quantitative estimate of drug-likeness (QED) is 0.408. The topological polar surface area (TPSA) is 70.6 Å². The van der Waals surface area contributed by atoms with E-state index < -0.39 is 5.82 Å². The first-order valence-electron chi connectivity index (χ1n) is 9.90. The second-order valence-electron chi connectivity index (χ2n) is 7.67. The van der Waals surface area contributed by atoms with Crippen LogP contribution in [0.15, 0.2) is 48.9 Å². The summed E-state index contributed by atoms with van der Waals surface area (Å²) in [5.74, 6) is 0.385. The summed E-state index contributed by atoms with van der Waals surface area (Å²) >= 11 is 6.07. The predicted molar refractivity (Wildman–Crippen MR) is 119 cm³/mol. The number of H-pyrrole nitrogens is 1. The van der Waals surface area contributed by atoms with E-state index in [1.807, 2.05) is 25.3 Å². The fourth-order valence-electron chi connectivity index (χ4n) is 4.22. The molecule has 1 N–H and O–H groups in total. The Morgan fingerprint density at radius 2 is 1.90 bits per heavy atom. The van der Waals surface area contributed by atoms with E-state index in [-0.39, 0.29) is 5.02 Å². The molecule has 31 heavy (non-hydrogen) atoms. The first kappa shape index (κ1) is 18.2. The molecular formula is C23H16ClFN6. The summed E-state index contributed by atoms with van der Waals surface area (Å²) in [4.78, 5) is 15.6. The molecule has 0 fully saturated rings. The molecule has 4 heterocycles. The summed E-state index contributed by atoms with van der Waals surface area (Å²) in [5.41, 5.74) is 6.32. The number of rotatable bonds is 2. The lowest BCUT2D eigenvalue weighted by atomic mass is 10.0. The van der Waals surface area contributed by atoms with E-state index in [4.69, 9.17) is 11.6 Å². The van der Waals surface area contributed by atoms with Gasteiger partial charge in [0, 0.05) is 40.5 Å². The lowest BCUT2D eigenvalue weighted by Gasteiger charge is -2.20. The molecule has 0 bridgehead atoms. The van der Waals surface area contributed by atoms with Gasteiger partial charge in [-0.15, -0.1) is 0 Å². The second-order valence-corrected chi connectivity index (χ2v) is 8.08. The standard InChI is InChI=1S/C23H16ClFN6/c1-12-16-7-15(10-26-22(16)30-29-12)13-2-3-20-17(6-13)23(28-11-27-20)31-5-4-14-8-19(25)18(24)9-21(14)31/h2-3,6-11H,4-5H2,1H3,(H,26,29,30). The van der Waals surface area contributed by atoms with Crippen molar-refractivity contribution in [2.75, 3.05) is 11.4 Å². The number of aromatic amines is 1. The average molecular weight is 431 g/mol. The summed E-state index contributed by atoms with van der Waals surface area (Å²) in [6.07, 6.45) is 4.11. The monoisotopic (exact) mass is 430 g/mol. The number of aromatic nitrogens is 5. The first-order valence-corrected chi connectivity index (χ1v) is 10.3. The molecule has 6 rings (SSSR count). The normalized spacial score (nSPS) is 13.3. The Morgan fingerprint density at radius 3 is 2.81 bits per heavy atom. The van der Waals surface area contributed by atoms with Crippen LogP contribution < -0.4 is 4.90 Å². The zero-order valence-corrected chi connectivity index (χ0v) is 17.3. The van der Waals surface area contributed by atoms with Crippen molar-refractivity contribution in [2.45, 2.75) is 13.3 Å². The molecule has 5 aromatic rings. The van der Waals surface area contributed by atoms with Crippen molar-refractivity contribution in [1.29, 1.82) is 0 Å². The van der Waals surface area contributed by atoms with Crippen molar-refractivity contribution >= 4 is 45.0 Å². The van der Waals surface area contributed by atoms with Crippen LogP contribution in [0.1, 0.15) is 11.3 Å². The molecule has 6 nitrogen and oxygen atoms in total. The zero-order chi connectivity index (χ0) is 21.1. The number of benzene rings is 2. The molecule has 0 aliphatic carbocycles. The molecule has 0 unspecified atom stereocenters. The van der Waals surface area contributed by atoms with E-state index in [0.717, 1.165) is 56.6 Å². The summed E-state index contributed by atoms with van der Waals surface area (Å²) in [7, 11) is 0. The van der Waals surface area contributed by atoms with Gasteiger partial charge in [0.05, 0.1) is 10.5 Å². The van der Waals surface area contributed by atoms with E-state index in [1.54, 1.807) is 12.4 Å². The number of fused-ring (bicyclic) bond motifs is 3. The van der Waals surface area contributed by atoms with Crippen LogP contribution in [0.5, 0.6) is 0 Å². The van der Waals surface area contributed by atoms with Gasteiger partial charge in [0.25, 0.3) is 0 Å². The number of nitrogens with one attached hydrogen (secondary N) is 1. The van der Waals surface area contributed by atoms with Crippen LogP contribution in [-0.2, 0) is 6.42 Å². The van der Waals surface area contributed by atoms with Gasteiger partial charge in [-0.3, -0.25) is 5.10 Å². The number of hydrogen-bond acceptors (Lipinski definition) is 5. The van der Waals surface area contributed by atoms with Gasteiger partial charge >= 0.3 is 0 Å². The third-order valence-electron chi connectivity index (χ3n) is 5.82. The van der Waals surface area contributed by atoms with Gasteiger partial charge in [-0.05, 0) is 54.8 Å².